The minimum atomic E-state index is -1.57. The first-order valence-electron chi connectivity index (χ1n) is 9.98. The van der Waals surface area contributed by atoms with Gasteiger partial charge < -0.3 is 10.2 Å². The first-order valence-corrected chi connectivity index (χ1v) is 9.98. The molecule has 0 saturated carbocycles. The number of carbonyl (C=O) groups is 2. The van der Waals surface area contributed by atoms with Crippen molar-refractivity contribution in [3.8, 4) is 0 Å². The van der Waals surface area contributed by atoms with E-state index in [-0.39, 0.29) is 64.2 Å². The van der Waals surface area contributed by atoms with Crippen LogP contribution in [0.4, 0.5) is 0 Å². The van der Waals surface area contributed by atoms with Crippen molar-refractivity contribution in [2.75, 3.05) is 0 Å². The average Bonchev–Trinajstić information content (AvgIpc) is 2.54. The molecule has 0 atom stereocenters. The maximum absolute atomic E-state index is 11.6. The van der Waals surface area contributed by atoms with E-state index >= 15 is 0 Å². The Balaban J connectivity index is 0. The minimum absolute atomic E-state index is 0. The van der Waals surface area contributed by atoms with Crippen molar-refractivity contribution < 1.29 is 19.8 Å². The quantitative estimate of drug-likeness (QED) is 0.201. The van der Waals surface area contributed by atoms with Crippen LogP contribution in [0, 0.1) is 5.41 Å². The Kier molecular flexibility index (Phi) is 20.0. The van der Waals surface area contributed by atoms with E-state index in [9.17, 15) is 19.8 Å². The summed E-state index contributed by atoms with van der Waals surface area (Å²) in [6, 6.07) is 0. The molecule has 0 rings (SSSR count). The van der Waals surface area contributed by atoms with Gasteiger partial charge in [0.15, 0.2) is 5.41 Å². The molecule has 144 valence electrons. The van der Waals surface area contributed by atoms with Crippen LogP contribution >= 0.6 is 0 Å². The van der Waals surface area contributed by atoms with E-state index in [1.54, 1.807) is 0 Å². The van der Waals surface area contributed by atoms with Gasteiger partial charge in [0.25, 0.3) is 0 Å². The van der Waals surface area contributed by atoms with Gasteiger partial charge in [-0.05, 0) is 12.8 Å². The van der Waals surface area contributed by atoms with Crippen molar-refractivity contribution in [2.24, 2.45) is 5.41 Å². The molecule has 0 spiro atoms. The second kappa shape index (κ2) is 18.0. The summed E-state index contributed by atoms with van der Waals surface area (Å²) in [5.41, 5.74) is -1.57. The van der Waals surface area contributed by atoms with Gasteiger partial charge in [0.05, 0.1) is 0 Å². The summed E-state index contributed by atoms with van der Waals surface area (Å²) in [6.45, 7) is 4.25. The van der Waals surface area contributed by atoms with Gasteiger partial charge in [-0.3, -0.25) is 9.59 Å². The monoisotopic (exact) mass is 382 g/mol. The van der Waals surface area contributed by atoms with Gasteiger partial charge in [-0.1, -0.05) is 97.3 Å². The number of aliphatic carboxylic acids is 2. The average molecular weight is 383 g/mol. The van der Waals surface area contributed by atoms with E-state index in [0.717, 1.165) is 25.7 Å². The van der Waals surface area contributed by atoms with Gasteiger partial charge >= 0.3 is 63.3 Å². The van der Waals surface area contributed by atoms with Crippen molar-refractivity contribution in [3.05, 3.63) is 0 Å². The Hall–Kier alpha value is 0.576. The normalized spacial score (nSPS) is 11.1. The van der Waals surface area contributed by atoms with Crippen LogP contribution in [0.2, 0.25) is 0 Å². The molecule has 0 aromatic heterocycles. The SMILES string of the molecule is CCCCCCCCCCCCC(CCCCC)(C(=O)O)C(=O)O.[KH]. The fraction of sp³-hybridized carbons (Fsp3) is 0.900. The fourth-order valence-corrected chi connectivity index (χ4v) is 3.24. The molecule has 0 bridgehead atoms. The predicted octanol–water partition coefficient (Wildman–Crippen LogP) is 5.38. The third kappa shape index (κ3) is 12.6. The molecule has 0 saturated heterocycles. The molecule has 0 aromatic carbocycles. The van der Waals surface area contributed by atoms with Gasteiger partial charge in [0, 0.05) is 0 Å². The molecule has 2 N–H and O–H groups in total. The van der Waals surface area contributed by atoms with Crippen molar-refractivity contribution >= 4 is 63.3 Å². The number of carboxylic acids is 2. The number of hydrogen-bond donors (Lipinski definition) is 2. The van der Waals surface area contributed by atoms with Crippen LogP contribution in [-0.2, 0) is 9.59 Å². The number of carboxylic acid groups (broad SMARTS) is 2. The van der Waals surface area contributed by atoms with Gasteiger partial charge in [-0.15, -0.1) is 0 Å². The Labute approximate surface area is 197 Å². The molecule has 25 heavy (non-hydrogen) atoms. The summed E-state index contributed by atoms with van der Waals surface area (Å²) < 4.78 is 0. The van der Waals surface area contributed by atoms with Gasteiger partial charge in [0.1, 0.15) is 0 Å². The van der Waals surface area contributed by atoms with Crippen LogP contribution in [0.1, 0.15) is 110 Å². The Morgan fingerprint density at radius 3 is 1.24 bits per heavy atom. The van der Waals surface area contributed by atoms with E-state index in [0.29, 0.717) is 12.8 Å². The molecule has 4 nitrogen and oxygen atoms in total. The van der Waals surface area contributed by atoms with Gasteiger partial charge in [0.2, 0.25) is 0 Å². The Morgan fingerprint density at radius 2 is 0.880 bits per heavy atom. The Morgan fingerprint density at radius 1 is 0.600 bits per heavy atom. The van der Waals surface area contributed by atoms with Crippen molar-refractivity contribution in [3.63, 3.8) is 0 Å². The van der Waals surface area contributed by atoms with Crippen molar-refractivity contribution in [1.29, 1.82) is 0 Å². The van der Waals surface area contributed by atoms with E-state index in [4.69, 9.17) is 0 Å². The zero-order valence-electron chi connectivity index (χ0n) is 15.8. The molecule has 0 amide bonds. The summed E-state index contributed by atoms with van der Waals surface area (Å²) in [5.74, 6) is -2.33. The van der Waals surface area contributed by atoms with Crippen molar-refractivity contribution in [2.45, 2.75) is 110 Å². The van der Waals surface area contributed by atoms with E-state index in [1.807, 2.05) is 6.92 Å². The summed E-state index contributed by atoms with van der Waals surface area (Å²) in [5, 5.41) is 18.9. The van der Waals surface area contributed by atoms with Gasteiger partial charge in [-0.25, -0.2) is 0 Å². The molecule has 0 radical (unpaired) electrons. The zero-order valence-corrected chi connectivity index (χ0v) is 15.8. The van der Waals surface area contributed by atoms with E-state index in [1.165, 1.54) is 44.9 Å². The summed E-state index contributed by atoms with van der Waals surface area (Å²) in [7, 11) is 0. The summed E-state index contributed by atoms with van der Waals surface area (Å²) >= 11 is 0. The molecule has 0 aliphatic heterocycles. The zero-order chi connectivity index (χ0) is 18.3. The molecular weight excluding hydrogens is 343 g/mol. The molecule has 0 aromatic rings. The molecule has 0 aliphatic rings. The van der Waals surface area contributed by atoms with Crippen LogP contribution in [0.3, 0.4) is 0 Å². The van der Waals surface area contributed by atoms with Crippen LogP contribution in [0.5, 0.6) is 0 Å². The van der Waals surface area contributed by atoms with Gasteiger partial charge in [-0.2, -0.15) is 0 Å². The summed E-state index contributed by atoms with van der Waals surface area (Å²) in [4.78, 5) is 23.1. The third-order valence-electron chi connectivity index (χ3n) is 4.98. The first kappa shape index (κ1) is 27.8. The molecule has 0 fully saturated rings. The Bertz CT molecular complexity index is 331. The standard InChI is InChI=1S/C20H38O4.K.H/c1-3-5-7-8-9-10-11-12-13-15-17-20(18(21)22,19(23)24)16-14-6-4-2;;/h3-17H2,1-2H3,(H,21,22)(H,23,24);;. The third-order valence-corrected chi connectivity index (χ3v) is 4.98. The second-order valence-electron chi connectivity index (χ2n) is 7.08. The maximum atomic E-state index is 11.6. The topological polar surface area (TPSA) is 74.6 Å². The number of hydrogen-bond acceptors (Lipinski definition) is 2. The number of unbranched alkanes of at least 4 members (excludes halogenated alkanes) is 11. The fourth-order valence-electron chi connectivity index (χ4n) is 3.24. The predicted molar refractivity (Wildman–Crippen MR) is 105 cm³/mol. The van der Waals surface area contributed by atoms with Crippen LogP contribution < -0.4 is 0 Å². The van der Waals surface area contributed by atoms with E-state index in [2.05, 4.69) is 6.92 Å². The van der Waals surface area contributed by atoms with Crippen LogP contribution in [0.25, 0.3) is 0 Å². The molecule has 0 heterocycles. The molecule has 5 heteroatoms. The molecule has 0 aliphatic carbocycles. The van der Waals surface area contributed by atoms with Crippen LogP contribution in [-0.4, -0.2) is 73.5 Å². The first-order chi connectivity index (χ1) is 11.5. The molecule has 0 unspecified atom stereocenters. The van der Waals surface area contributed by atoms with Crippen molar-refractivity contribution in [1.82, 2.24) is 0 Å². The van der Waals surface area contributed by atoms with Crippen LogP contribution in [0.15, 0.2) is 0 Å². The second-order valence-corrected chi connectivity index (χ2v) is 7.08. The molecular formula is C20H39KO4. The summed E-state index contributed by atoms with van der Waals surface area (Å²) in [6.07, 6.45) is 14.7. The number of rotatable bonds is 17. The van der Waals surface area contributed by atoms with E-state index < -0.39 is 17.4 Å².